The van der Waals surface area contributed by atoms with Gasteiger partial charge in [0.2, 0.25) is 0 Å². The van der Waals surface area contributed by atoms with E-state index in [9.17, 15) is 28.7 Å². The SMILES string of the molecule is O=P([O-])([O-])OP(=O)([O-])[O-].OCCCl.[Be+2].[Be+2]. The molecule has 13 heteroatoms. The summed E-state index contributed by atoms with van der Waals surface area (Å²) in [6.07, 6.45) is 0. The Hall–Kier alpha value is 0.848. The largest absolute Gasteiger partial charge is 2.00 e. The molecule has 0 amide bonds. The number of rotatable bonds is 3. The van der Waals surface area contributed by atoms with Crippen LogP contribution < -0.4 is 19.6 Å². The average molecular weight is 272 g/mol. The zero-order chi connectivity index (χ0) is 11.1. The molecule has 0 fully saturated rings. The van der Waals surface area contributed by atoms with Crippen molar-refractivity contribution in [3.63, 3.8) is 0 Å². The minimum atomic E-state index is -5.68. The van der Waals surface area contributed by atoms with Gasteiger partial charge in [-0.15, -0.1) is 11.6 Å². The van der Waals surface area contributed by atoms with Crippen molar-refractivity contribution in [2.75, 3.05) is 12.5 Å². The molecule has 0 aromatic heterocycles. The van der Waals surface area contributed by atoms with Gasteiger partial charge in [-0.2, -0.15) is 0 Å². The van der Waals surface area contributed by atoms with Crippen LogP contribution in [0.5, 0.6) is 0 Å². The van der Waals surface area contributed by atoms with Gasteiger partial charge in [0, 0.05) is 5.88 Å². The number of phosphoric acid groups is 2. The van der Waals surface area contributed by atoms with E-state index in [4.69, 9.17) is 16.7 Å². The second-order valence-electron chi connectivity index (χ2n) is 1.39. The summed E-state index contributed by atoms with van der Waals surface area (Å²) < 4.78 is 21.2. The van der Waals surface area contributed by atoms with Crippen LogP contribution >= 0.6 is 27.2 Å². The van der Waals surface area contributed by atoms with Crippen molar-refractivity contribution in [1.29, 1.82) is 0 Å². The van der Waals surface area contributed by atoms with Crippen molar-refractivity contribution in [3.05, 3.63) is 0 Å². The van der Waals surface area contributed by atoms with Crippen LogP contribution in [0.4, 0.5) is 0 Å². The van der Waals surface area contributed by atoms with Crippen LogP contribution in [0.2, 0.25) is 0 Å². The van der Waals surface area contributed by atoms with Gasteiger partial charge in [0.15, 0.2) is 0 Å². The quantitative estimate of drug-likeness (QED) is 0.310. The zero-order valence-corrected chi connectivity index (χ0v) is 9.95. The van der Waals surface area contributed by atoms with Gasteiger partial charge in [0.05, 0.1) is 22.3 Å². The Kier molecular flexibility index (Phi) is 18.8. The molecule has 1 N–H and O–H groups in total. The smallest absolute Gasteiger partial charge is 0.790 e. The van der Waals surface area contributed by atoms with E-state index in [1.54, 1.807) is 0 Å². The molecule has 0 atom stereocenters. The van der Waals surface area contributed by atoms with Gasteiger partial charge in [-0.05, 0) is 0 Å². The third-order valence-electron chi connectivity index (χ3n) is 0.285. The van der Waals surface area contributed by atoms with Crippen molar-refractivity contribution in [1.82, 2.24) is 0 Å². The first-order valence-electron chi connectivity index (χ1n) is 2.54. The van der Waals surface area contributed by atoms with Gasteiger partial charge < -0.3 is 38.1 Å². The van der Waals surface area contributed by atoms with E-state index in [1.807, 2.05) is 0 Å². The summed E-state index contributed by atoms with van der Waals surface area (Å²) in [5.74, 6) is 0.347. The van der Waals surface area contributed by atoms with Crippen molar-refractivity contribution < 1.29 is 38.1 Å². The Labute approximate surface area is 98.5 Å². The molecule has 0 rings (SSSR count). The summed E-state index contributed by atoms with van der Waals surface area (Å²) in [7, 11) is -11.4. The predicted molar refractivity (Wildman–Crippen MR) is 45.6 cm³/mol. The topological polar surface area (TPSA) is 156 Å². The molecule has 0 aliphatic heterocycles. The Balaban J connectivity index is -0.0000000883. The first kappa shape index (κ1) is 24.9. The summed E-state index contributed by atoms with van der Waals surface area (Å²) in [6.45, 7) is 0.0849. The molecular weight excluding hydrogens is 267 g/mol. The third kappa shape index (κ3) is 39.8. The second-order valence-corrected chi connectivity index (χ2v) is 4.21. The molecule has 0 unspecified atom stereocenters. The number of hydrogen-bond acceptors (Lipinski definition) is 8. The fourth-order valence-corrected chi connectivity index (χ4v) is 1.10. The monoisotopic (exact) mass is 272 g/mol. The molecule has 15 heavy (non-hydrogen) atoms. The molecule has 0 saturated carbocycles. The van der Waals surface area contributed by atoms with Gasteiger partial charge >= 0.3 is 20.2 Å². The number of aliphatic hydroxyl groups excluding tert-OH is 1. The molecule has 0 spiro atoms. The first-order chi connectivity index (χ1) is 5.62. The molecule has 0 aliphatic carbocycles. The fraction of sp³-hybridized carbons (Fsp3) is 1.00. The standard InChI is InChI=1S/C2H5ClO.2Be.H4O7P2/c3-1-2-4;;;1-8(2,3)7-9(4,5)6/h4H,1-2H2;;;(H2,1,2,3)(H2,4,5,6)/q;2*+2;/p-4. The molecular formula is C2H5Be2ClO8P2. The van der Waals surface area contributed by atoms with E-state index in [1.165, 1.54) is 0 Å². The van der Waals surface area contributed by atoms with Crippen LogP contribution in [-0.4, -0.2) is 37.8 Å². The molecule has 0 aliphatic rings. The molecule has 0 aromatic rings. The van der Waals surface area contributed by atoms with Crippen molar-refractivity contribution >= 4 is 47.5 Å². The summed E-state index contributed by atoms with van der Waals surface area (Å²) in [6, 6.07) is 0. The van der Waals surface area contributed by atoms with Crippen LogP contribution in [-0.2, 0) is 13.4 Å². The summed E-state index contributed by atoms with van der Waals surface area (Å²) >= 11 is 4.94. The molecule has 0 bridgehead atoms. The van der Waals surface area contributed by atoms with Crippen molar-refractivity contribution in [2.45, 2.75) is 0 Å². The Morgan fingerprint density at radius 3 is 1.27 bits per heavy atom. The third-order valence-corrected chi connectivity index (χ3v) is 2.05. The predicted octanol–water partition coefficient (Wildman–Crippen LogP) is -3.88. The Bertz CT molecular complexity index is 191. The van der Waals surface area contributed by atoms with Gasteiger partial charge in [0.25, 0.3) is 0 Å². The molecule has 0 saturated heterocycles. The van der Waals surface area contributed by atoms with Crippen LogP contribution in [0, 0.1) is 0 Å². The van der Waals surface area contributed by atoms with Gasteiger partial charge in [0.1, 0.15) is 0 Å². The van der Waals surface area contributed by atoms with Crippen LogP contribution in [0.1, 0.15) is 0 Å². The second kappa shape index (κ2) is 11.3. The summed E-state index contributed by atoms with van der Waals surface area (Å²) in [4.78, 5) is 37.3. The number of alkyl halides is 1. The van der Waals surface area contributed by atoms with Crippen LogP contribution in [0.15, 0.2) is 0 Å². The number of halogens is 1. The fourth-order valence-electron chi connectivity index (χ4n) is 0.122. The minimum absolute atomic E-state index is 0. The van der Waals surface area contributed by atoms with E-state index >= 15 is 0 Å². The molecule has 0 heterocycles. The summed E-state index contributed by atoms with van der Waals surface area (Å²) in [5, 5.41) is 7.74. The van der Waals surface area contributed by atoms with Crippen molar-refractivity contribution in [2.24, 2.45) is 0 Å². The van der Waals surface area contributed by atoms with Gasteiger partial charge in [-0.1, -0.05) is 0 Å². The van der Waals surface area contributed by atoms with E-state index in [0.29, 0.717) is 5.88 Å². The maximum absolute atomic E-state index is 9.32. The summed E-state index contributed by atoms with van der Waals surface area (Å²) in [5.41, 5.74) is 0. The number of aliphatic hydroxyl groups is 1. The molecule has 8 nitrogen and oxygen atoms in total. The minimum Gasteiger partial charge on any atom is -0.790 e. The Morgan fingerprint density at radius 1 is 1.07 bits per heavy atom. The average Bonchev–Trinajstić information content (AvgIpc) is 1.80. The van der Waals surface area contributed by atoms with Gasteiger partial charge in [-0.3, -0.25) is 0 Å². The van der Waals surface area contributed by atoms with E-state index in [2.05, 4.69) is 4.31 Å². The molecule has 0 radical (unpaired) electrons. The van der Waals surface area contributed by atoms with E-state index < -0.39 is 15.6 Å². The maximum Gasteiger partial charge on any atom is 2.00 e. The van der Waals surface area contributed by atoms with Crippen molar-refractivity contribution in [3.8, 4) is 0 Å². The van der Waals surface area contributed by atoms with E-state index in [0.717, 1.165) is 0 Å². The van der Waals surface area contributed by atoms with Crippen LogP contribution in [0.25, 0.3) is 0 Å². The zero-order valence-electron chi connectivity index (χ0n) is 7.41. The normalized spacial score (nSPS) is 10.3. The molecule has 0 aromatic carbocycles. The maximum atomic E-state index is 9.32. The Morgan fingerprint density at radius 2 is 1.27 bits per heavy atom. The van der Waals surface area contributed by atoms with Gasteiger partial charge in [-0.25, -0.2) is 0 Å². The first-order valence-corrected chi connectivity index (χ1v) is 6.00. The van der Waals surface area contributed by atoms with E-state index in [-0.39, 0.29) is 26.8 Å². The number of hydrogen-bond donors (Lipinski definition) is 1. The molecule has 82 valence electrons. The van der Waals surface area contributed by atoms with Crippen LogP contribution in [0.3, 0.4) is 0 Å².